The fourth-order valence-corrected chi connectivity index (χ4v) is 1.96. The number of nitrogens with one attached hydrogen (secondary N) is 1. The topological polar surface area (TPSA) is 46.9 Å². The van der Waals surface area contributed by atoms with Crippen molar-refractivity contribution >= 4 is 22.3 Å². The molecule has 1 heterocycles. The third kappa shape index (κ3) is 2.55. The van der Waals surface area contributed by atoms with Crippen LogP contribution in [0.3, 0.4) is 0 Å². The van der Waals surface area contributed by atoms with Crippen molar-refractivity contribution < 1.29 is 4.79 Å². The maximum absolute atomic E-state index is 10.7. The van der Waals surface area contributed by atoms with Crippen LogP contribution in [-0.2, 0) is 11.8 Å². The molecule has 88 valence electrons. The first-order valence-electron chi connectivity index (χ1n) is 5.14. The number of carbonyl (C=O) groups is 1. The van der Waals surface area contributed by atoms with E-state index in [4.69, 9.17) is 0 Å². The van der Waals surface area contributed by atoms with Gasteiger partial charge in [-0.05, 0) is 17.7 Å². The Morgan fingerprint density at radius 2 is 2.12 bits per heavy atom. The van der Waals surface area contributed by atoms with Crippen LogP contribution in [0.25, 0.3) is 0 Å². The molecule has 0 radical (unpaired) electrons. The number of hydrogen-bond donors (Lipinski definition) is 1. The number of nitrogens with zero attached hydrogens (tertiary/aromatic N) is 2. The zero-order valence-electron chi connectivity index (χ0n) is 9.30. The predicted molar refractivity (Wildman–Crippen MR) is 68.4 cm³/mol. The fourth-order valence-electron chi connectivity index (χ4n) is 1.70. The summed E-state index contributed by atoms with van der Waals surface area (Å²) in [5.74, 6) is 0.805. The Balaban J connectivity index is 2.38. The Morgan fingerprint density at radius 3 is 2.65 bits per heavy atom. The second-order valence-corrected chi connectivity index (χ2v) is 4.58. The number of rotatable bonds is 4. The summed E-state index contributed by atoms with van der Waals surface area (Å²) in [5, 5.41) is 2.78. The smallest absolute Gasteiger partial charge is 0.207 e. The number of benzene rings is 1. The molecule has 0 aliphatic rings. The summed E-state index contributed by atoms with van der Waals surface area (Å²) in [6.07, 6.45) is 4.27. The van der Waals surface area contributed by atoms with Crippen LogP contribution in [0.5, 0.6) is 0 Å². The van der Waals surface area contributed by atoms with Gasteiger partial charge in [0, 0.05) is 23.9 Å². The molecule has 1 aromatic heterocycles. The summed E-state index contributed by atoms with van der Waals surface area (Å²) in [6.45, 7) is 0. The molecule has 1 amide bonds. The van der Waals surface area contributed by atoms with Crippen LogP contribution in [0.4, 0.5) is 0 Å². The molecule has 1 aromatic carbocycles. The Hall–Kier alpha value is -1.62. The van der Waals surface area contributed by atoms with E-state index in [1.807, 2.05) is 42.1 Å². The lowest BCUT2D eigenvalue weighted by molar-refractivity contribution is -0.110. The van der Waals surface area contributed by atoms with Gasteiger partial charge in [0.25, 0.3) is 0 Å². The van der Waals surface area contributed by atoms with Gasteiger partial charge in [-0.2, -0.15) is 0 Å². The molecule has 0 aliphatic heterocycles. The number of hydrogen-bond acceptors (Lipinski definition) is 2. The lowest BCUT2D eigenvalue weighted by atomic mass is 10.1. The molecule has 0 saturated carbocycles. The molecule has 1 atom stereocenters. The average Bonchev–Trinajstić information content (AvgIpc) is 2.74. The van der Waals surface area contributed by atoms with E-state index in [1.54, 1.807) is 6.20 Å². The minimum absolute atomic E-state index is 0.222. The Morgan fingerprint density at radius 1 is 1.41 bits per heavy atom. The van der Waals surface area contributed by atoms with Crippen LogP contribution in [0.1, 0.15) is 17.4 Å². The minimum atomic E-state index is -0.222. The maximum atomic E-state index is 10.7. The Bertz CT molecular complexity index is 507. The molecule has 4 nitrogen and oxygen atoms in total. The van der Waals surface area contributed by atoms with Gasteiger partial charge in [-0.25, -0.2) is 4.98 Å². The summed E-state index contributed by atoms with van der Waals surface area (Å²) in [5.41, 5.74) is 0.995. The van der Waals surface area contributed by atoms with Gasteiger partial charge >= 0.3 is 0 Å². The van der Waals surface area contributed by atoms with Crippen molar-refractivity contribution in [3.8, 4) is 0 Å². The third-order valence-electron chi connectivity index (χ3n) is 2.55. The van der Waals surface area contributed by atoms with Crippen LogP contribution in [0.15, 0.2) is 41.1 Å². The quantitative estimate of drug-likeness (QED) is 0.877. The Kier molecular flexibility index (Phi) is 3.58. The lowest BCUT2D eigenvalue weighted by Crippen LogP contribution is -2.23. The van der Waals surface area contributed by atoms with Gasteiger partial charge in [-0.3, -0.25) is 4.79 Å². The van der Waals surface area contributed by atoms with Crippen molar-refractivity contribution in [3.63, 3.8) is 0 Å². The second kappa shape index (κ2) is 5.14. The zero-order valence-corrected chi connectivity index (χ0v) is 10.9. The molecule has 0 saturated heterocycles. The number of aryl methyl sites for hydroxylation is 1. The molecule has 17 heavy (non-hydrogen) atoms. The van der Waals surface area contributed by atoms with Crippen molar-refractivity contribution in [1.82, 2.24) is 14.9 Å². The normalized spacial score (nSPS) is 12.1. The van der Waals surface area contributed by atoms with Gasteiger partial charge in [0.2, 0.25) is 6.41 Å². The number of aromatic nitrogens is 2. The van der Waals surface area contributed by atoms with Crippen LogP contribution in [0, 0.1) is 0 Å². The van der Waals surface area contributed by atoms with Crippen LogP contribution in [-0.4, -0.2) is 16.0 Å². The molecule has 2 aromatic rings. The monoisotopic (exact) mass is 293 g/mol. The highest BCUT2D eigenvalue weighted by atomic mass is 79.9. The fraction of sp³-hybridized carbons (Fsp3) is 0.167. The molecule has 0 fully saturated rings. The van der Waals surface area contributed by atoms with E-state index < -0.39 is 0 Å². The first-order chi connectivity index (χ1) is 8.22. The lowest BCUT2D eigenvalue weighted by Gasteiger charge is -2.16. The standard InChI is InChI=1S/C12H12BrN3O/c1-16-7-6-14-12(16)11(15-8-17)9-2-4-10(13)5-3-9/h2-8,11H,1H3,(H,15,17). The molecule has 0 bridgehead atoms. The maximum Gasteiger partial charge on any atom is 0.207 e. The largest absolute Gasteiger partial charge is 0.345 e. The van der Waals surface area contributed by atoms with Crippen molar-refractivity contribution in [2.75, 3.05) is 0 Å². The van der Waals surface area contributed by atoms with Crippen LogP contribution in [0.2, 0.25) is 0 Å². The van der Waals surface area contributed by atoms with Crippen molar-refractivity contribution in [3.05, 3.63) is 52.5 Å². The number of imidazole rings is 1. The molecular formula is C12H12BrN3O. The molecule has 1 N–H and O–H groups in total. The van der Waals surface area contributed by atoms with Crippen LogP contribution < -0.4 is 5.32 Å². The average molecular weight is 294 g/mol. The van der Waals surface area contributed by atoms with Crippen molar-refractivity contribution in [2.24, 2.45) is 7.05 Å². The summed E-state index contributed by atoms with van der Waals surface area (Å²) in [6, 6.07) is 7.58. The molecule has 0 aliphatic carbocycles. The van der Waals surface area contributed by atoms with Crippen molar-refractivity contribution in [1.29, 1.82) is 0 Å². The summed E-state index contributed by atoms with van der Waals surface area (Å²) in [7, 11) is 1.90. The van der Waals surface area contributed by atoms with E-state index in [9.17, 15) is 4.79 Å². The SMILES string of the molecule is Cn1ccnc1C(NC=O)c1ccc(Br)cc1. The highest BCUT2D eigenvalue weighted by Gasteiger charge is 2.16. The molecule has 0 spiro atoms. The van der Waals surface area contributed by atoms with E-state index in [1.165, 1.54) is 0 Å². The van der Waals surface area contributed by atoms with Gasteiger partial charge in [0.1, 0.15) is 11.9 Å². The Labute approximate surface area is 108 Å². The van der Waals surface area contributed by atoms with Gasteiger partial charge in [-0.1, -0.05) is 28.1 Å². The van der Waals surface area contributed by atoms with Crippen molar-refractivity contribution in [2.45, 2.75) is 6.04 Å². The number of amides is 1. The summed E-state index contributed by atoms with van der Waals surface area (Å²) >= 11 is 3.39. The van der Waals surface area contributed by atoms with E-state index in [-0.39, 0.29) is 6.04 Å². The van der Waals surface area contributed by atoms with Gasteiger partial charge in [0.05, 0.1) is 0 Å². The van der Waals surface area contributed by atoms with E-state index >= 15 is 0 Å². The highest BCUT2D eigenvalue weighted by molar-refractivity contribution is 9.10. The van der Waals surface area contributed by atoms with E-state index in [0.717, 1.165) is 15.9 Å². The summed E-state index contributed by atoms with van der Waals surface area (Å²) < 4.78 is 2.90. The zero-order chi connectivity index (χ0) is 12.3. The van der Waals surface area contributed by atoms with E-state index in [0.29, 0.717) is 6.41 Å². The third-order valence-corrected chi connectivity index (χ3v) is 3.08. The molecule has 2 rings (SSSR count). The number of halogens is 1. The molecular weight excluding hydrogens is 282 g/mol. The first-order valence-corrected chi connectivity index (χ1v) is 5.94. The van der Waals surface area contributed by atoms with E-state index in [2.05, 4.69) is 26.2 Å². The molecule has 5 heteroatoms. The van der Waals surface area contributed by atoms with Gasteiger partial charge in [0.15, 0.2) is 0 Å². The summed E-state index contributed by atoms with van der Waals surface area (Å²) in [4.78, 5) is 15.0. The predicted octanol–water partition coefficient (Wildman–Crippen LogP) is 2.02. The second-order valence-electron chi connectivity index (χ2n) is 3.67. The highest BCUT2D eigenvalue weighted by Crippen LogP contribution is 2.21. The number of carbonyl (C=O) groups excluding carboxylic acids is 1. The molecule has 1 unspecified atom stereocenters. The van der Waals surface area contributed by atoms with Crippen LogP contribution >= 0.6 is 15.9 Å². The van der Waals surface area contributed by atoms with Gasteiger partial charge < -0.3 is 9.88 Å². The minimum Gasteiger partial charge on any atom is -0.345 e. The van der Waals surface area contributed by atoms with Gasteiger partial charge in [-0.15, -0.1) is 0 Å². The first kappa shape index (κ1) is 11.9.